The van der Waals surface area contributed by atoms with Crippen molar-refractivity contribution in [2.75, 3.05) is 26.2 Å². The molecule has 0 unspecified atom stereocenters. The normalized spacial score (nSPS) is 18.1. The van der Waals surface area contributed by atoms with Crippen LogP contribution in [0.4, 0.5) is 9.18 Å². The van der Waals surface area contributed by atoms with Crippen LogP contribution in [0.25, 0.3) is 27.8 Å². The molecule has 0 saturated carbocycles. The van der Waals surface area contributed by atoms with Gasteiger partial charge in [0.2, 0.25) is 0 Å². The number of fused-ring (bicyclic) bond motifs is 1. The zero-order valence-electron chi connectivity index (χ0n) is 20.4. The van der Waals surface area contributed by atoms with Crippen molar-refractivity contribution in [3.05, 3.63) is 71.6 Å². The molecule has 7 rings (SSSR count). The highest BCUT2D eigenvalue weighted by atomic mass is 19.1. The minimum absolute atomic E-state index is 0.0245. The first-order valence-electron chi connectivity index (χ1n) is 12.9. The molecule has 0 radical (unpaired) electrons. The van der Waals surface area contributed by atoms with E-state index >= 15 is 4.39 Å². The molecule has 3 aromatic heterocycles. The van der Waals surface area contributed by atoms with E-state index < -0.39 is 0 Å². The average Bonchev–Trinajstić information content (AvgIpc) is 3.57. The first-order chi connectivity index (χ1) is 18.1. The number of hydrogen-bond acceptors (Lipinski definition) is 4. The lowest BCUT2D eigenvalue weighted by molar-refractivity contribution is -0.112. The van der Waals surface area contributed by atoms with Crippen molar-refractivity contribution in [1.29, 1.82) is 0 Å². The SMILES string of the molecule is O=C1CNC(c2cn3c4c(cc(F)cc24)CN(C(=O)N2CCCCC2)CC3)=C1c1cnc2ccccn12. The minimum Gasteiger partial charge on any atom is -0.376 e. The molecule has 1 N–H and O–H groups in total. The van der Waals surface area contributed by atoms with Gasteiger partial charge in [0, 0.05) is 56.1 Å². The number of piperidine rings is 1. The number of rotatable bonds is 2. The third kappa shape index (κ3) is 3.52. The number of pyridine rings is 1. The van der Waals surface area contributed by atoms with Crippen LogP contribution in [0.2, 0.25) is 0 Å². The minimum atomic E-state index is -0.352. The lowest BCUT2D eigenvalue weighted by Gasteiger charge is -2.32. The van der Waals surface area contributed by atoms with Gasteiger partial charge in [-0.2, -0.15) is 0 Å². The fraction of sp³-hybridized carbons (Fsp3) is 0.321. The van der Waals surface area contributed by atoms with Crippen LogP contribution in [-0.2, 0) is 17.9 Å². The van der Waals surface area contributed by atoms with Crippen LogP contribution in [-0.4, -0.2) is 61.7 Å². The van der Waals surface area contributed by atoms with Crippen molar-refractivity contribution in [3.63, 3.8) is 0 Å². The largest absolute Gasteiger partial charge is 0.376 e. The summed E-state index contributed by atoms with van der Waals surface area (Å²) in [5.41, 5.74) is 5.21. The molecule has 0 bridgehead atoms. The first kappa shape index (κ1) is 22.1. The third-order valence-corrected chi connectivity index (χ3v) is 7.78. The highest BCUT2D eigenvalue weighted by Crippen LogP contribution is 2.37. The molecule has 2 amide bonds. The van der Waals surface area contributed by atoms with Crippen LogP contribution >= 0.6 is 0 Å². The van der Waals surface area contributed by atoms with Gasteiger partial charge in [0.05, 0.1) is 35.2 Å². The Labute approximate surface area is 213 Å². The maximum absolute atomic E-state index is 15.0. The molecule has 0 atom stereocenters. The number of halogens is 1. The molecule has 1 aromatic carbocycles. The number of amides is 2. The van der Waals surface area contributed by atoms with E-state index in [-0.39, 0.29) is 24.2 Å². The predicted molar refractivity (Wildman–Crippen MR) is 138 cm³/mol. The smallest absolute Gasteiger partial charge is 0.320 e. The number of Topliss-reactive ketones (excluding diaryl/α,β-unsaturated/α-hetero) is 1. The Morgan fingerprint density at radius 3 is 2.76 bits per heavy atom. The Hall–Kier alpha value is -4.14. The number of nitrogens with zero attached hydrogens (tertiary/aromatic N) is 5. The monoisotopic (exact) mass is 498 g/mol. The van der Waals surface area contributed by atoms with Gasteiger partial charge in [-0.15, -0.1) is 0 Å². The summed E-state index contributed by atoms with van der Waals surface area (Å²) in [6.07, 6.45) is 8.82. The molecule has 0 aliphatic carbocycles. The molecule has 3 aliphatic rings. The lowest BCUT2D eigenvalue weighted by atomic mass is 10.0. The van der Waals surface area contributed by atoms with Gasteiger partial charge in [0.15, 0.2) is 5.78 Å². The Morgan fingerprint density at radius 2 is 1.89 bits per heavy atom. The number of ketones is 1. The molecule has 3 aliphatic heterocycles. The second-order valence-electron chi connectivity index (χ2n) is 10.0. The fourth-order valence-electron chi connectivity index (χ4n) is 6.05. The number of nitrogens with one attached hydrogen (secondary N) is 1. The van der Waals surface area contributed by atoms with Gasteiger partial charge in [-0.3, -0.25) is 9.20 Å². The van der Waals surface area contributed by atoms with Crippen LogP contribution in [0.5, 0.6) is 0 Å². The summed E-state index contributed by atoms with van der Waals surface area (Å²) < 4.78 is 19.0. The second kappa shape index (κ2) is 8.47. The fourth-order valence-corrected chi connectivity index (χ4v) is 6.05. The van der Waals surface area contributed by atoms with E-state index in [9.17, 15) is 9.59 Å². The third-order valence-electron chi connectivity index (χ3n) is 7.78. The van der Waals surface area contributed by atoms with Crippen molar-refractivity contribution in [3.8, 4) is 0 Å². The molecule has 6 heterocycles. The average molecular weight is 499 g/mol. The first-order valence-corrected chi connectivity index (χ1v) is 12.9. The summed E-state index contributed by atoms with van der Waals surface area (Å²) in [7, 11) is 0. The number of aromatic nitrogens is 3. The van der Waals surface area contributed by atoms with Crippen molar-refractivity contribution < 1.29 is 14.0 Å². The molecule has 0 spiro atoms. The van der Waals surface area contributed by atoms with Gasteiger partial charge in [-0.25, -0.2) is 14.2 Å². The lowest BCUT2D eigenvalue weighted by Crippen LogP contribution is -2.45. The summed E-state index contributed by atoms with van der Waals surface area (Å²) in [4.78, 5) is 34.6. The number of urea groups is 1. The van der Waals surface area contributed by atoms with E-state index in [0.717, 1.165) is 60.0 Å². The second-order valence-corrected chi connectivity index (χ2v) is 10.0. The van der Waals surface area contributed by atoms with E-state index in [1.807, 2.05) is 44.8 Å². The van der Waals surface area contributed by atoms with Crippen LogP contribution < -0.4 is 5.32 Å². The standard InChI is InChI=1S/C28H27FN6O2/c29-19-12-18-16-34(28(37)32-7-3-1-4-8-32)11-10-33-17-21(20(13-19)27(18)33)26-25(23(36)15-31-26)22-14-30-24-6-2-5-9-35(22)24/h2,5-6,9,12-14,17,31H,1,3-4,7-8,10-11,15-16H2. The van der Waals surface area contributed by atoms with Crippen molar-refractivity contribution in [2.45, 2.75) is 32.4 Å². The van der Waals surface area contributed by atoms with Crippen LogP contribution in [0.3, 0.4) is 0 Å². The molecular weight excluding hydrogens is 471 g/mol. The zero-order valence-corrected chi connectivity index (χ0v) is 20.4. The van der Waals surface area contributed by atoms with Crippen LogP contribution in [0.15, 0.2) is 48.9 Å². The molecule has 8 nitrogen and oxygen atoms in total. The van der Waals surface area contributed by atoms with Gasteiger partial charge in [0.25, 0.3) is 0 Å². The highest BCUT2D eigenvalue weighted by molar-refractivity contribution is 6.32. The number of benzene rings is 1. The Bertz CT molecular complexity index is 1610. The quantitative estimate of drug-likeness (QED) is 0.455. The van der Waals surface area contributed by atoms with Crippen molar-refractivity contribution >= 4 is 39.6 Å². The topological polar surface area (TPSA) is 74.9 Å². The Kier molecular flexibility index (Phi) is 5.05. The zero-order chi connectivity index (χ0) is 25.1. The maximum Gasteiger partial charge on any atom is 0.320 e. The number of carbonyl (C=O) groups excluding carboxylic acids is 2. The molecule has 37 heavy (non-hydrogen) atoms. The van der Waals surface area contributed by atoms with Crippen LogP contribution in [0, 0.1) is 5.82 Å². The molecule has 188 valence electrons. The summed E-state index contributed by atoms with van der Waals surface area (Å²) in [6.45, 7) is 3.24. The molecular formula is C28H27FN6O2. The summed E-state index contributed by atoms with van der Waals surface area (Å²) in [5, 5.41) is 4.02. The summed E-state index contributed by atoms with van der Waals surface area (Å²) >= 11 is 0. The summed E-state index contributed by atoms with van der Waals surface area (Å²) in [6, 6.07) is 8.82. The van der Waals surface area contributed by atoms with Gasteiger partial charge in [0.1, 0.15) is 11.5 Å². The maximum atomic E-state index is 15.0. The van der Waals surface area contributed by atoms with Gasteiger partial charge >= 0.3 is 6.03 Å². The molecule has 1 fully saturated rings. The van der Waals surface area contributed by atoms with E-state index in [1.165, 1.54) is 12.1 Å². The molecule has 4 aromatic rings. The van der Waals surface area contributed by atoms with Gasteiger partial charge < -0.3 is 19.7 Å². The van der Waals surface area contributed by atoms with E-state index in [2.05, 4.69) is 14.9 Å². The predicted octanol–water partition coefficient (Wildman–Crippen LogP) is 3.89. The number of carbonyl (C=O) groups is 2. The molecule has 9 heteroatoms. The van der Waals surface area contributed by atoms with Crippen molar-refractivity contribution in [1.82, 2.24) is 29.1 Å². The van der Waals surface area contributed by atoms with E-state index in [1.54, 1.807) is 6.20 Å². The number of hydrogen-bond donors (Lipinski definition) is 1. The number of likely N-dealkylation sites (tertiary alicyclic amines) is 1. The molecule has 1 saturated heterocycles. The number of imidazole rings is 1. The Morgan fingerprint density at radius 1 is 1.03 bits per heavy atom. The van der Waals surface area contributed by atoms with E-state index in [0.29, 0.717) is 36.6 Å². The van der Waals surface area contributed by atoms with Crippen LogP contribution in [0.1, 0.15) is 36.1 Å². The summed E-state index contributed by atoms with van der Waals surface area (Å²) in [5.74, 6) is -0.376. The van der Waals surface area contributed by atoms with E-state index in [4.69, 9.17) is 0 Å². The van der Waals surface area contributed by atoms with Gasteiger partial charge in [-0.05, 0) is 49.1 Å². The van der Waals surface area contributed by atoms with Crippen molar-refractivity contribution in [2.24, 2.45) is 0 Å². The van der Waals surface area contributed by atoms with Gasteiger partial charge in [-0.1, -0.05) is 6.07 Å². The highest BCUT2D eigenvalue weighted by Gasteiger charge is 2.32. The Balaban J connectivity index is 1.34.